The molecular weight excluding hydrogens is 372 g/mol. The zero-order valence-electron chi connectivity index (χ0n) is 16.0. The average molecular weight is 397 g/mol. The van der Waals surface area contributed by atoms with Crippen LogP contribution in [0.15, 0.2) is 41.2 Å². The minimum Gasteiger partial charge on any atom is -0.370 e. The number of rotatable bonds is 7. The third-order valence-electron chi connectivity index (χ3n) is 4.69. The van der Waals surface area contributed by atoms with Gasteiger partial charge in [-0.25, -0.2) is 9.97 Å². The van der Waals surface area contributed by atoms with E-state index in [9.17, 15) is 0 Å². The number of hydrogen-bond acceptors (Lipinski definition) is 8. The molecule has 28 heavy (non-hydrogen) atoms. The Morgan fingerprint density at radius 3 is 2.71 bits per heavy atom. The van der Waals surface area contributed by atoms with Crippen molar-refractivity contribution < 1.29 is 4.52 Å². The lowest BCUT2D eigenvalue weighted by Crippen LogP contribution is -2.33. The summed E-state index contributed by atoms with van der Waals surface area (Å²) in [6.07, 6.45) is 3.32. The summed E-state index contributed by atoms with van der Waals surface area (Å²) < 4.78 is 5.29. The molecule has 0 bridgehead atoms. The van der Waals surface area contributed by atoms with E-state index in [4.69, 9.17) is 4.52 Å². The minimum atomic E-state index is 0.575. The van der Waals surface area contributed by atoms with Crippen LogP contribution in [0.2, 0.25) is 0 Å². The number of aromatic nitrogens is 4. The summed E-state index contributed by atoms with van der Waals surface area (Å²) in [5.74, 6) is 5.51. The van der Waals surface area contributed by atoms with E-state index in [1.54, 1.807) is 6.33 Å². The molecule has 3 aromatic rings. The topological polar surface area (TPSA) is 80.0 Å². The van der Waals surface area contributed by atoms with Crippen molar-refractivity contribution in [3.8, 4) is 11.5 Å². The quantitative estimate of drug-likeness (QED) is 0.652. The highest BCUT2D eigenvalue weighted by Crippen LogP contribution is 2.20. The molecule has 0 unspecified atom stereocenters. The van der Waals surface area contributed by atoms with Gasteiger partial charge < -0.3 is 14.7 Å². The summed E-state index contributed by atoms with van der Waals surface area (Å²) in [6.45, 7) is 4.92. The summed E-state index contributed by atoms with van der Waals surface area (Å²) in [5.41, 5.74) is 2.19. The average Bonchev–Trinajstić information content (AvgIpc) is 3.24. The normalized spacial score (nSPS) is 14.2. The van der Waals surface area contributed by atoms with Gasteiger partial charge in [0.25, 0.3) is 5.89 Å². The molecule has 0 spiro atoms. The maximum absolute atomic E-state index is 5.29. The highest BCUT2D eigenvalue weighted by atomic mass is 32.2. The lowest BCUT2D eigenvalue weighted by atomic mass is 10.1. The predicted octanol–water partition coefficient (Wildman–Crippen LogP) is 3.30. The fourth-order valence-corrected chi connectivity index (χ4v) is 3.98. The molecule has 7 nitrogen and oxygen atoms in total. The molecule has 1 saturated heterocycles. The van der Waals surface area contributed by atoms with Crippen LogP contribution in [-0.2, 0) is 12.8 Å². The molecule has 1 aliphatic rings. The first kappa shape index (κ1) is 18.7. The molecule has 1 N–H and O–H groups in total. The molecule has 0 radical (unpaired) electrons. The van der Waals surface area contributed by atoms with Crippen LogP contribution in [-0.4, -0.2) is 51.2 Å². The number of nitrogens with zero attached hydrogens (tertiary/aromatic N) is 5. The zero-order chi connectivity index (χ0) is 19.2. The van der Waals surface area contributed by atoms with Gasteiger partial charge in [0, 0.05) is 49.2 Å². The van der Waals surface area contributed by atoms with Crippen LogP contribution in [0, 0.1) is 0 Å². The second-order valence-corrected chi connectivity index (χ2v) is 7.83. The first-order valence-corrected chi connectivity index (χ1v) is 10.8. The predicted molar refractivity (Wildman–Crippen MR) is 113 cm³/mol. The summed E-state index contributed by atoms with van der Waals surface area (Å²) in [6, 6.07) is 10.3. The Kier molecular flexibility index (Phi) is 6.06. The number of thioether (sulfide) groups is 1. The SMILES string of the molecule is CCc1noc(-c2ccc(CCNc3cc(N4CCSCC4)ncn3)cc2)n1. The molecule has 1 aliphatic heterocycles. The highest BCUT2D eigenvalue weighted by Gasteiger charge is 2.13. The number of nitrogens with one attached hydrogen (secondary N) is 1. The standard InChI is InChI=1S/C20H24N6OS/c1-2-17-24-20(27-25-17)16-5-3-15(4-6-16)7-8-21-18-13-19(23-14-22-18)26-9-11-28-12-10-26/h3-6,13-14H,2,7-12H2,1H3,(H,21,22,23). The molecule has 0 amide bonds. The maximum atomic E-state index is 5.29. The second kappa shape index (κ2) is 9.05. The second-order valence-electron chi connectivity index (χ2n) is 6.60. The van der Waals surface area contributed by atoms with E-state index in [1.165, 1.54) is 5.56 Å². The third-order valence-corrected chi connectivity index (χ3v) is 5.64. The Labute approximate surface area is 169 Å². The molecule has 4 rings (SSSR count). The van der Waals surface area contributed by atoms with E-state index in [0.717, 1.165) is 67.0 Å². The van der Waals surface area contributed by atoms with Crippen LogP contribution in [0.1, 0.15) is 18.3 Å². The van der Waals surface area contributed by atoms with Crippen LogP contribution in [0.4, 0.5) is 11.6 Å². The Hall–Kier alpha value is -2.61. The molecule has 2 aromatic heterocycles. The van der Waals surface area contributed by atoms with Crippen LogP contribution in [0.5, 0.6) is 0 Å². The van der Waals surface area contributed by atoms with Gasteiger partial charge in [-0.05, 0) is 24.1 Å². The van der Waals surface area contributed by atoms with E-state index < -0.39 is 0 Å². The Morgan fingerprint density at radius 2 is 1.96 bits per heavy atom. The van der Waals surface area contributed by atoms with Gasteiger partial charge in [0.2, 0.25) is 0 Å². The fourth-order valence-electron chi connectivity index (χ4n) is 3.07. The van der Waals surface area contributed by atoms with Gasteiger partial charge in [-0.2, -0.15) is 16.7 Å². The van der Waals surface area contributed by atoms with Gasteiger partial charge in [0.05, 0.1) is 0 Å². The van der Waals surface area contributed by atoms with Gasteiger partial charge in [-0.15, -0.1) is 0 Å². The smallest absolute Gasteiger partial charge is 0.257 e. The summed E-state index contributed by atoms with van der Waals surface area (Å²) in [7, 11) is 0. The molecule has 1 aromatic carbocycles. The van der Waals surface area contributed by atoms with Crippen molar-refractivity contribution in [1.29, 1.82) is 0 Å². The zero-order valence-corrected chi connectivity index (χ0v) is 16.8. The summed E-state index contributed by atoms with van der Waals surface area (Å²) in [5, 5.41) is 7.35. The molecule has 1 fully saturated rings. The number of hydrogen-bond donors (Lipinski definition) is 1. The van der Waals surface area contributed by atoms with E-state index >= 15 is 0 Å². The van der Waals surface area contributed by atoms with E-state index in [2.05, 4.69) is 42.5 Å². The van der Waals surface area contributed by atoms with Crippen molar-refractivity contribution in [1.82, 2.24) is 20.1 Å². The van der Waals surface area contributed by atoms with Crippen molar-refractivity contribution in [3.63, 3.8) is 0 Å². The van der Waals surface area contributed by atoms with E-state index in [0.29, 0.717) is 5.89 Å². The number of aryl methyl sites for hydroxylation is 1. The molecule has 3 heterocycles. The molecule has 0 saturated carbocycles. The Bertz CT molecular complexity index is 892. The maximum Gasteiger partial charge on any atom is 0.257 e. The fraction of sp³-hybridized carbons (Fsp3) is 0.400. The summed E-state index contributed by atoms with van der Waals surface area (Å²) >= 11 is 2.00. The van der Waals surface area contributed by atoms with Crippen molar-refractivity contribution in [2.45, 2.75) is 19.8 Å². The number of benzene rings is 1. The van der Waals surface area contributed by atoms with Gasteiger partial charge >= 0.3 is 0 Å². The lowest BCUT2D eigenvalue weighted by molar-refractivity contribution is 0.423. The Morgan fingerprint density at radius 1 is 1.14 bits per heavy atom. The molecular formula is C20H24N6OS. The first-order valence-electron chi connectivity index (χ1n) is 9.62. The first-order chi connectivity index (χ1) is 13.8. The van der Waals surface area contributed by atoms with Crippen molar-refractivity contribution >= 4 is 23.4 Å². The highest BCUT2D eigenvalue weighted by molar-refractivity contribution is 7.99. The minimum absolute atomic E-state index is 0.575. The van der Waals surface area contributed by atoms with Crippen LogP contribution >= 0.6 is 11.8 Å². The van der Waals surface area contributed by atoms with Crippen LogP contribution in [0.3, 0.4) is 0 Å². The van der Waals surface area contributed by atoms with Crippen LogP contribution < -0.4 is 10.2 Å². The molecule has 0 aliphatic carbocycles. The van der Waals surface area contributed by atoms with Crippen molar-refractivity contribution in [3.05, 3.63) is 48.0 Å². The molecule has 8 heteroatoms. The van der Waals surface area contributed by atoms with E-state index in [1.807, 2.05) is 36.9 Å². The summed E-state index contributed by atoms with van der Waals surface area (Å²) in [4.78, 5) is 15.5. The van der Waals surface area contributed by atoms with Crippen molar-refractivity contribution in [2.75, 3.05) is 41.4 Å². The largest absolute Gasteiger partial charge is 0.370 e. The third kappa shape index (κ3) is 4.62. The monoisotopic (exact) mass is 396 g/mol. The van der Waals surface area contributed by atoms with Gasteiger partial charge in [0.15, 0.2) is 5.82 Å². The van der Waals surface area contributed by atoms with Gasteiger partial charge in [-0.3, -0.25) is 0 Å². The molecule has 146 valence electrons. The van der Waals surface area contributed by atoms with Gasteiger partial charge in [0.1, 0.15) is 18.0 Å². The molecule has 0 atom stereocenters. The number of anilines is 2. The van der Waals surface area contributed by atoms with Gasteiger partial charge in [-0.1, -0.05) is 24.2 Å². The Balaban J connectivity index is 1.31. The lowest BCUT2D eigenvalue weighted by Gasteiger charge is -2.27. The van der Waals surface area contributed by atoms with Crippen molar-refractivity contribution in [2.24, 2.45) is 0 Å². The van der Waals surface area contributed by atoms with E-state index in [-0.39, 0.29) is 0 Å². The van der Waals surface area contributed by atoms with Crippen LogP contribution in [0.25, 0.3) is 11.5 Å².